The molecule has 2 aliphatic heterocycles. The van der Waals surface area contributed by atoms with Crippen LogP contribution in [0.25, 0.3) is 0 Å². The second-order valence-electron chi connectivity index (χ2n) is 5.07. The average Bonchev–Trinajstić information content (AvgIpc) is 2.95. The summed E-state index contributed by atoms with van der Waals surface area (Å²) < 4.78 is 37.9. The van der Waals surface area contributed by atoms with E-state index in [1.807, 2.05) is 0 Å². The second-order valence-corrected chi connectivity index (χ2v) is 7.34. The largest absolute Gasteiger partial charge is 0.486 e. The van der Waals surface area contributed by atoms with Gasteiger partial charge in [-0.05, 0) is 12.8 Å². The molecule has 3 rings (SSSR count). The van der Waals surface area contributed by atoms with Gasteiger partial charge in [0, 0.05) is 31.3 Å². The number of sulfonamides is 1. The molecule has 2 N–H and O–H groups in total. The molecule has 9 heteroatoms. The highest BCUT2D eigenvalue weighted by atomic mass is 35.5. The molecule has 124 valence electrons. The normalized spacial score (nSPS) is 21.5. The Bertz CT molecular complexity index is 654. The molecule has 0 saturated carbocycles. The van der Waals surface area contributed by atoms with Crippen molar-refractivity contribution in [2.75, 3.05) is 26.3 Å². The minimum absolute atomic E-state index is 0. The van der Waals surface area contributed by atoms with Gasteiger partial charge >= 0.3 is 0 Å². The first-order valence-corrected chi connectivity index (χ1v) is 8.67. The number of hydrogen-bond acceptors (Lipinski definition) is 5. The zero-order chi connectivity index (χ0) is 15.0. The van der Waals surface area contributed by atoms with Crippen LogP contribution in [0, 0.1) is 0 Å². The molecule has 0 aliphatic carbocycles. The number of fused-ring (bicyclic) bond motifs is 1. The van der Waals surface area contributed by atoms with Gasteiger partial charge in [0.2, 0.25) is 10.0 Å². The lowest BCUT2D eigenvalue weighted by molar-refractivity contribution is 0.171. The average molecular weight is 369 g/mol. The Balaban J connectivity index is 0.00000176. The lowest BCUT2D eigenvalue weighted by Crippen LogP contribution is -2.40. The Morgan fingerprint density at radius 3 is 2.55 bits per heavy atom. The molecule has 2 heterocycles. The van der Waals surface area contributed by atoms with Crippen molar-refractivity contribution in [3.63, 3.8) is 0 Å². The molecule has 0 spiro atoms. The summed E-state index contributed by atoms with van der Waals surface area (Å²) in [6.45, 7) is 1.59. The highest BCUT2D eigenvalue weighted by Crippen LogP contribution is 2.39. The van der Waals surface area contributed by atoms with E-state index in [0.717, 1.165) is 12.8 Å². The summed E-state index contributed by atoms with van der Waals surface area (Å²) in [5.74, 6) is 0.884. The molecule has 0 aromatic heterocycles. The van der Waals surface area contributed by atoms with E-state index in [0.29, 0.717) is 37.8 Å². The first kappa shape index (κ1) is 17.6. The number of halogens is 2. The van der Waals surface area contributed by atoms with Crippen molar-refractivity contribution in [1.82, 2.24) is 4.31 Å². The summed E-state index contributed by atoms with van der Waals surface area (Å²) in [5.41, 5.74) is 5.66. The zero-order valence-corrected chi connectivity index (χ0v) is 14.2. The quantitative estimate of drug-likeness (QED) is 0.876. The maximum atomic E-state index is 12.8. The topological polar surface area (TPSA) is 81.9 Å². The van der Waals surface area contributed by atoms with Gasteiger partial charge in [0.25, 0.3) is 0 Å². The fourth-order valence-electron chi connectivity index (χ4n) is 2.73. The predicted molar refractivity (Wildman–Crippen MR) is 85.7 cm³/mol. The van der Waals surface area contributed by atoms with E-state index in [1.54, 1.807) is 0 Å². The monoisotopic (exact) mass is 368 g/mol. The lowest BCUT2D eigenvalue weighted by atomic mass is 10.2. The van der Waals surface area contributed by atoms with Crippen LogP contribution in [0.4, 0.5) is 0 Å². The van der Waals surface area contributed by atoms with Crippen molar-refractivity contribution in [3.05, 3.63) is 17.2 Å². The third kappa shape index (κ3) is 3.00. The molecule has 1 fully saturated rings. The number of nitrogens with zero attached hydrogens (tertiary/aromatic N) is 1. The van der Waals surface area contributed by atoms with Crippen molar-refractivity contribution in [2.45, 2.75) is 23.8 Å². The first-order chi connectivity index (χ1) is 10.0. The van der Waals surface area contributed by atoms with Gasteiger partial charge in [0.1, 0.15) is 18.1 Å². The van der Waals surface area contributed by atoms with Crippen LogP contribution in [0.5, 0.6) is 11.5 Å². The Morgan fingerprint density at radius 2 is 1.91 bits per heavy atom. The predicted octanol–water partition coefficient (Wildman–Crippen LogP) is 1.64. The molecule has 1 saturated heterocycles. The standard InChI is InChI=1S/C13H17ClN2O4S.ClH/c14-10-6-11-12(20-5-4-19-11)7-13(10)21(17,18)16-3-1-2-9(16)8-15;/h6-7,9H,1-5,8,15H2;1H. The van der Waals surface area contributed by atoms with E-state index in [1.165, 1.54) is 16.4 Å². The summed E-state index contributed by atoms with van der Waals surface area (Å²) in [5, 5.41) is 0.141. The van der Waals surface area contributed by atoms with Crippen molar-refractivity contribution >= 4 is 34.0 Å². The second kappa shape index (κ2) is 6.80. The van der Waals surface area contributed by atoms with Gasteiger partial charge in [-0.2, -0.15) is 4.31 Å². The third-order valence-corrected chi connectivity index (χ3v) is 6.20. The van der Waals surface area contributed by atoms with E-state index in [-0.39, 0.29) is 28.4 Å². The van der Waals surface area contributed by atoms with E-state index in [4.69, 9.17) is 26.8 Å². The molecule has 1 aromatic carbocycles. The maximum Gasteiger partial charge on any atom is 0.244 e. The third-order valence-electron chi connectivity index (χ3n) is 3.78. The van der Waals surface area contributed by atoms with Gasteiger partial charge in [-0.25, -0.2) is 8.42 Å². The molecular formula is C13H18Cl2N2O4S. The van der Waals surface area contributed by atoms with Gasteiger partial charge in [0.15, 0.2) is 11.5 Å². The van der Waals surface area contributed by atoms with Crippen LogP contribution in [0.2, 0.25) is 5.02 Å². The van der Waals surface area contributed by atoms with Crippen molar-refractivity contribution in [3.8, 4) is 11.5 Å². The molecule has 1 atom stereocenters. The Morgan fingerprint density at radius 1 is 1.27 bits per heavy atom. The number of benzene rings is 1. The molecule has 0 amide bonds. The Hall–Kier alpha value is -0.730. The van der Waals surface area contributed by atoms with E-state index in [2.05, 4.69) is 0 Å². The Labute approximate surface area is 141 Å². The van der Waals surface area contributed by atoms with E-state index >= 15 is 0 Å². The number of hydrogen-bond donors (Lipinski definition) is 1. The number of nitrogens with two attached hydrogens (primary N) is 1. The Kier molecular flexibility index (Phi) is 5.45. The maximum absolute atomic E-state index is 12.8. The highest BCUT2D eigenvalue weighted by Gasteiger charge is 2.36. The van der Waals surface area contributed by atoms with Crippen molar-refractivity contribution in [1.29, 1.82) is 0 Å². The summed E-state index contributed by atoms with van der Waals surface area (Å²) in [7, 11) is -3.68. The van der Waals surface area contributed by atoms with E-state index in [9.17, 15) is 8.42 Å². The molecule has 0 radical (unpaired) electrons. The SMILES string of the molecule is Cl.NCC1CCCN1S(=O)(=O)c1cc2c(cc1Cl)OCCO2. The molecule has 0 bridgehead atoms. The fourth-order valence-corrected chi connectivity index (χ4v) is 4.94. The summed E-state index contributed by atoms with van der Waals surface area (Å²) >= 11 is 6.14. The minimum Gasteiger partial charge on any atom is -0.486 e. The van der Waals surface area contributed by atoms with Gasteiger partial charge in [-0.3, -0.25) is 0 Å². The van der Waals surface area contributed by atoms with Crippen LogP contribution in [0.15, 0.2) is 17.0 Å². The van der Waals surface area contributed by atoms with Crippen LogP contribution >= 0.6 is 24.0 Å². The molecule has 22 heavy (non-hydrogen) atoms. The summed E-state index contributed by atoms with van der Waals surface area (Å²) in [6.07, 6.45) is 1.58. The van der Waals surface area contributed by atoms with Gasteiger partial charge in [0.05, 0.1) is 5.02 Å². The number of ether oxygens (including phenoxy) is 2. The molecular weight excluding hydrogens is 351 g/mol. The van der Waals surface area contributed by atoms with Gasteiger partial charge in [-0.15, -0.1) is 12.4 Å². The molecule has 1 unspecified atom stereocenters. The highest BCUT2D eigenvalue weighted by molar-refractivity contribution is 7.89. The van der Waals surface area contributed by atoms with Gasteiger partial charge < -0.3 is 15.2 Å². The number of rotatable bonds is 3. The van der Waals surface area contributed by atoms with Crippen LogP contribution in [0.1, 0.15) is 12.8 Å². The van der Waals surface area contributed by atoms with Crippen LogP contribution < -0.4 is 15.2 Å². The van der Waals surface area contributed by atoms with Crippen LogP contribution in [-0.2, 0) is 10.0 Å². The van der Waals surface area contributed by atoms with Gasteiger partial charge in [-0.1, -0.05) is 11.6 Å². The molecule has 6 nitrogen and oxygen atoms in total. The summed E-state index contributed by atoms with van der Waals surface area (Å²) in [6, 6.07) is 2.77. The summed E-state index contributed by atoms with van der Waals surface area (Å²) in [4.78, 5) is 0.0498. The molecule has 1 aromatic rings. The van der Waals surface area contributed by atoms with Crippen molar-refractivity contribution in [2.24, 2.45) is 5.73 Å². The smallest absolute Gasteiger partial charge is 0.244 e. The minimum atomic E-state index is -3.68. The van der Waals surface area contributed by atoms with Crippen molar-refractivity contribution < 1.29 is 17.9 Å². The van der Waals surface area contributed by atoms with Crippen LogP contribution in [0.3, 0.4) is 0 Å². The molecule has 2 aliphatic rings. The first-order valence-electron chi connectivity index (χ1n) is 6.85. The fraction of sp³-hybridized carbons (Fsp3) is 0.538. The van der Waals surface area contributed by atoms with Crippen LogP contribution in [-0.4, -0.2) is 45.1 Å². The zero-order valence-electron chi connectivity index (χ0n) is 11.8. The lowest BCUT2D eigenvalue weighted by Gasteiger charge is -2.25. The van der Waals surface area contributed by atoms with E-state index < -0.39 is 10.0 Å².